The summed E-state index contributed by atoms with van der Waals surface area (Å²) in [6, 6.07) is 7.90. The van der Waals surface area contributed by atoms with Crippen LogP contribution in [0.4, 0.5) is 0 Å². The maximum absolute atomic E-state index is 5.25. The zero-order valence-corrected chi connectivity index (χ0v) is 8.91. The van der Waals surface area contributed by atoms with E-state index in [9.17, 15) is 0 Å². The molecule has 1 rings (SSSR count). The SMILES string of the molecule is CCO/C=C(\C)c1ccccc1OC. The minimum atomic E-state index is 0.687. The molecule has 0 saturated heterocycles. The standard InChI is InChI=1S/C12H16O2/c1-4-14-9-10(2)11-7-5-6-8-12(11)13-3/h5-9H,4H2,1-3H3/b10-9+. The van der Waals surface area contributed by atoms with Gasteiger partial charge in [0.1, 0.15) is 5.75 Å². The van der Waals surface area contributed by atoms with Crippen LogP contribution in [0.3, 0.4) is 0 Å². The lowest BCUT2D eigenvalue weighted by atomic mass is 10.1. The van der Waals surface area contributed by atoms with E-state index < -0.39 is 0 Å². The Kier molecular flexibility index (Phi) is 4.05. The van der Waals surface area contributed by atoms with Crippen molar-refractivity contribution < 1.29 is 9.47 Å². The lowest BCUT2D eigenvalue weighted by Gasteiger charge is -2.08. The van der Waals surface area contributed by atoms with Gasteiger partial charge in [0, 0.05) is 5.56 Å². The van der Waals surface area contributed by atoms with Gasteiger partial charge >= 0.3 is 0 Å². The molecule has 1 aromatic rings. The molecule has 0 radical (unpaired) electrons. The Morgan fingerprint density at radius 3 is 2.71 bits per heavy atom. The van der Waals surface area contributed by atoms with Crippen LogP contribution in [0.25, 0.3) is 5.57 Å². The number of rotatable bonds is 4. The Hall–Kier alpha value is -1.44. The fraction of sp³-hybridized carbons (Fsp3) is 0.333. The van der Waals surface area contributed by atoms with Crippen molar-refractivity contribution in [2.45, 2.75) is 13.8 Å². The summed E-state index contributed by atoms with van der Waals surface area (Å²) in [4.78, 5) is 0. The van der Waals surface area contributed by atoms with Crippen LogP contribution >= 0.6 is 0 Å². The third kappa shape index (κ3) is 2.52. The number of ether oxygens (including phenoxy) is 2. The van der Waals surface area contributed by atoms with Crippen LogP contribution in [0.1, 0.15) is 19.4 Å². The third-order valence-corrected chi connectivity index (χ3v) is 1.96. The lowest BCUT2D eigenvalue weighted by Crippen LogP contribution is -1.90. The highest BCUT2D eigenvalue weighted by Gasteiger charge is 2.02. The molecule has 0 spiro atoms. The van der Waals surface area contributed by atoms with E-state index in [1.165, 1.54) is 0 Å². The second-order valence-electron chi connectivity index (χ2n) is 2.96. The summed E-state index contributed by atoms with van der Waals surface area (Å²) in [5.41, 5.74) is 2.15. The smallest absolute Gasteiger partial charge is 0.126 e. The third-order valence-electron chi connectivity index (χ3n) is 1.96. The maximum Gasteiger partial charge on any atom is 0.126 e. The molecule has 0 N–H and O–H groups in total. The van der Waals surface area contributed by atoms with Crippen molar-refractivity contribution in [3.05, 3.63) is 36.1 Å². The summed E-state index contributed by atoms with van der Waals surface area (Å²) in [5, 5.41) is 0. The van der Waals surface area contributed by atoms with Gasteiger partial charge in [0.15, 0.2) is 0 Å². The van der Waals surface area contributed by atoms with Gasteiger partial charge in [-0.05, 0) is 25.5 Å². The van der Waals surface area contributed by atoms with Crippen LogP contribution in [-0.2, 0) is 4.74 Å². The van der Waals surface area contributed by atoms with Gasteiger partial charge in [0.25, 0.3) is 0 Å². The fourth-order valence-electron chi connectivity index (χ4n) is 1.24. The molecule has 0 aliphatic rings. The molecule has 0 aliphatic heterocycles. The Labute approximate surface area is 85.2 Å². The van der Waals surface area contributed by atoms with Crippen molar-refractivity contribution in [3.8, 4) is 5.75 Å². The molecule has 0 aromatic heterocycles. The monoisotopic (exact) mass is 192 g/mol. The van der Waals surface area contributed by atoms with E-state index in [-0.39, 0.29) is 0 Å². The van der Waals surface area contributed by atoms with E-state index in [1.807, 2.05) is 38.1 Å². The first-order valence-electron chi connectivity index (χ1n) is 4.71. The predicted octanol–water partition coefficient (Wildman–Crippen LogP) is 3.09. The molecule has 1 aromatic carbocycles. The van der Waals surface area contributed by atoms with E-state index >= 15 is 0 Å². The molecule has 0 aliphatic carbocycles. The molecule has 76 valence electrons. The first-order chi connectivity index (χ1) is 6.79. The molecule has 0 atom stereocenters. The molecule has 2 heteroatoms. The molecule has 0 saturated carbocycles. The Morgan fingerprint density at radius 2 is 2.07 bits per heavy atom. The Bertz CT molecular complexity index is 316. The van der Waals surface area contributed by atoms with Crippen LogP contribution in [0.5, 0.6) is 5.75 Å². The fourth-order valence-corrected chi connectivity index (χ4v) is 1.24. The zero-order valence-electron chi connectivity index (χ0n) is 8.91. The number of hydrogen-bond donors (Lipinski definition) is 0. The first kappa shape index (κ1) is 10.6. The average Bonchev–Trinajstić information content (AvgIpc) is 2.25. The molecule has 0 fully saturated rings. The van der Waals surface area contributed by atoms with Gasteiger partial charge in [0.05, 0.1) is 20.0 Å². The van der Waals surface area contributed by atoms with E-state index in [0.717, 1.165) is 16.9 Å². The highest BCUT2D eigenvalue weighted by molar-refractivity contribution is 5.68. The van der Waals surface area contributed by atoms with E-state index in [1.54, 1.807) is 13.4 Å². The summed E-state index contributed by atoms with van der Waals surface area (Å²) in [6.07, 6.45) is 1.76. The topological polar surface area (TPSA) is 18.5 Å². The van der Waals surface area contributed by atoms with Gasteiger partial charge < -0.3 is 9.47 Å². The molecule has 2 nitrogen and oxygen atoms in total. The Balaban J connectivity index is 2.93. The molecule has 0 bridgehead atoms. The van der Waals surface area contributed by atoms with Crippen LogP contribution in [0, 0.1) is 0 Å². The minimum absolute atomic E-state index is 0.687. The van der Waals surface area contributed by atoms with E-state index in [0.29, 0.717) is 6.61 Å². The molecule has 14 heavy (non-hydrogen) atoms. The highest BCUT2D eigenvalue weighted by atomic mass is 16.5. The van der Waals surface area contributed by atoms with Crippen molar-refractivity contribution in [2.24, 2.45) is 0 Å². The van der Waals surface area contributed by atoms with Crippen LogP contribution < -0.4 is 4.74 Å². The molecule has 0 amide bonds. The summed E-state index contributed by atoms with van der Waals surface area (Å²) in [6.45, 7) is 4.66. The van der Waals surface area contributed by atoms with Crippen LogP contribution in [0.2, 0.25) is 0 Å². The van der Waals surface area contributed by atoms with Crippen molar-refractivity contribution in [1.29, 1.82) is 0 Å². The lowest BCUT2D eigenvalue weighted by molar-refractivity contribution is 0.270. The largest absolute Gasteiger partial charge is 0.501 e. The van der Waals surface area contributed by atoms with E-state index in [4.69, 9.17) is 9.47 Å². The Morgan fingerprint density at radius 1 is 1.36 bits per heavy atom. The molecular formula is C12H16O2. The van der Waals surface area contributed by atoms with E-state index in [2.05, 4.69) is 0 Å². The van der Waals surface area contributed by atoms with Crippen LogP contribution in [-0.4, -0.2) is 13.7 Å². The number of benzene rings is 1. The average molecular weight is 192 g/mol. The first-order valence-corrected chi connectivity index (χ1v) is 4.71. The van der Waals surface area contributed by atoms with Crippen molar-refractivity contribution in [1.82, 2.24) is 0 Å². The second-order valence-corrected chi connectivity index (χ2v) is 2.96. The van der Waals surface area contributed by atoms with Gasteiger partial charge in [-0.15, -0.1) is 0 Å². The number of para-hydroxylation sites is 1. The predicted molar refractivity (Wildman–Crippen MR) is 58.3 cm³/mol. The van der Waals surface area contributed by atoms with Crippen molar-refractivity contribution in [2.75, 3.05) is 13.7 Å². The van der Waals surface area contributed by atoms with Crippen LogP contribution in [0.15, 0.2) is 30.5 Å². The van der Waals surface area contributed by atoms with Gasteiger partial charge in [-0.1, -0.05) is 18.2 Å². The second kappa shape index (κ2) is 5.32. The molecule has 0 unspecified atom stereocenters. The summed E-state index contributed by atoms with van der Waals surface area (Å²) in [5.74, 6) is 0.876. The van der Waals surface area contributed by atoms with Crippen molar-refractivity contribution >= 4 is 5.57 Å². The zero-order chi connectivity index (χ0) is 10.4. The van der Waals surface area contributed by atoms with Gasteiger partial charge in [0.2, 0.25) is 0 Å². The van der Waals surface area contributed by atoms with Gasteiger partial charge in [-0.25, -0.2) is 0 Å². The van der Waals surface area contributed by atoms with Gasteiger partial charge in [-0.2, -0.15) is 0 Å². The molecule has 0 heterocycles. The number of methoxy groups -OCH3 is 1. The minimum Gasteiger partial charge on any atom is -0.501 e. The summed E-state index contributed by atoms with van der Waals surface area (Å²) >= 11 is 0. The summed E-state index contributed by atoms with van der Waals surface area (Å²) < 4.78 is 10.5. The summed E-state index contributed by atoms with van der Waals surface area (Å²) in [7, 11) is 1.67. The molecular weight excluding hydrogens is 176 g/mol. The quantitative estimate of drug-likeness (QED) is 0.682. The van der Waals surface area contributed by atoms with Gasteiger partial charge in [-0.3, -0.25) is 0 Å². The number of allylic oxidation sites excluding steroid dienone is 1. The normalized spacial score (nSPS) is 11.2. The highest BCUT2D eigenvalue weighted by Crippen LogP contribution is 2.24. The number of hydrogen-bond acceptors (Lipinski definition) is 2. The maximum atomic E-state index is 5.25. The van der Waals surface area contributed by atoms with Crippen molar-refractivity contribution in [3.63, 3.8) is 0 Å².